The number of nitrogens with one attached hydrogen (secondary N) is 1. The lowest BCUT2D eigenvalue weighted by atomic mass is 9.98. The molecular weight excluding hydrogens is 448 g/mol. The topological polar surface area (TPSA) is 78.0 Å². The van der Waals surface area contributed by atoms with E-state index in [1.54, 1.807) is 4.90 Å². The minimum absolute atomic E-state index is 0.0794. The molecule has 0 saturated carbocycles. The van der Waals surface area contributed by atoms with Crippen molar-refractivity contribution in [3.05, 3.63) is 102 Å². The Morgan fingerprint density at radius 2 is 1.69 bits per heavy atom. The number of aromatic nitrogens is 4. The van der Waals surface area contributed by atoms with Gasteiger partial charge in [-0.2, -0.15) is 0 Å². The van der Waals surface area contributed by atoms with Crippen LogP contribution in [-0.4, -0.2) is 43.0 Å². The number of hydrogen-bond donors (Lipinski definition) is 1. The summed E-state index contributed by atoms with van der Waals surface area (Å²) in [6.07, 6.45) is 9.24. The molecule has 2 heterocycles. The number of allylic oxidation sites excluding steroid dienone is 1. The summed E-state index contributed by atoms with van der Waals surface area (Å²) in [5.74, 6) is 3.43. The van der Waals surface area contributed by atoms with Crippen molar-refractivity contribution in [2.75, 3.05) is 6.67 Å². The quantitative estimate of drug-likeness (QED) is 0.377. The summed E-state index contributed by atoms with van der Waals surface area (Å²) < 4.78 is 0. The van der Waals surface area contributed by atoms with Crippen molar-refractivity contribution in [2.45, 2.75) is 25.8 Å². The third-order valence-electron chi connectivity index (χ3n) is 6.24. The largest absolute Gasteiger partial charge is 0.351 e. The molecule has 0 spiro atoms. The predicted molar refractivity (Wildman–Crippen MR) is 139 cm³/mol. The van der Waals surface area contributed by atoms with Gasteiger partial charge in [-0.05, 0) is 39.1 Å². The second-order valence-electron chi connectivity index (χ2n) is 8.68. The van der Waals surface area contributed by atoms with Gasteiger partial charge >= 0.3 is 0 Å². The molecule has 1 N–H and O–H groups in total. The van der Waals surface area contributed by atoms with Crippen LogP contribution in [0.25, 0.3) is 22.5 Å². The van der Waals surface area contributed by atoms with Gasteiger partial charge in [-0.15, -0.1) is 17.4 Å². The number of carbonyl (C=O) groups excluding carboxylic acids is 1. The summed E-state index contributed by atoms with van der Waals surface area (Å²) in [5.41, 5.74) is 6.33. The molecule has 0 bridgehead atoms. The fourth-order valence-electron chi connectivity index (χ4n) is 4.40. The van der Waals surface area contributed by atoms with Gasteiger partial charge in [-0.25, -0.2) is 5.10 Å². The Labute approximate surface area is 210 Å². The highest BCUT2D eigenvalue weighted by Gasteiger charge is 2.25. The fourth-order valence-corrected chi connectivity index (χ4v) is 4.40. The zero-order valence-corrected chi connectivity index (χ0v) is 19.8. The average Bonchev–Trinajstić information content (AvgIpc) is 3.59. The summed E-state index contributed by atoms with van der Waals surface area (Å²) in [6, 6.07) is 26.3. The summed E-state index contributed by atoms with van der Waals surface area (Å²) in [5, 5.41) is 14.3. The first-order valence-corrected chi connectivity index (χ1v) is 11.9. The van der Waals surface area contributed by atoms with Crippen LogP contribution in [0.15, 0.2) is 90.8 Å². The number of aromatic amines is 1. The Balaban J connectivity index is 1.31. The number of rotatable bonds is 8. The van der Waals surface area contributed by atoms with E-state index < -0.39 is 0 Å². The second-order valence-corrected chi connectivity index (χ2v) is 8.68. The molecule has 7 nitrogen and oxygen atoms in total. The smallest absolute Gasteiger partial charge is 0.232 e. The van der Waals surface area contributed by atoms with E-state index >= 15 is 0 Å². The van der Waals surface area contributed by atoms with Crippen molar-refractivity contribution in [1.29, 1.82) is 0 Å². The Morgan fingerprint density at radius 1 is 0.944 bits per heavy atom. The molecule has 0 atom stereocenters. The van der Waals surface area contributed by atoms with Gasteiger partial charge in [0.05, 0.1) is 13.1 Å². The van der Waals surface area contributed by atoms with E-state index in [0.29, 0.717) is 31.9 Å². The van der Waals surface area contributed by atoms with Gasteiger partial charge in [0, 0.05) is 30.4 Å². The van der Waals surface area contributed by atoms with E-state index in [1.807, 2.05) is 54.7 Å². The van der Waals surface area contributed by atoms with Crippen molar-refractivity contribution >= 4 is 5.91 Å². The van der Waals surface area contributed by atoms with Crippen LogP contribution in [0.5, 0.6) is 0 Å². The number of nitrogens with zero attached hydrogens (tertiary/aromatic N) is 5. The lowest BCUT2D eigenvalue weighted by Crippen LogP contribution is -2.32. The summed E-state index contributed by atoms with van der Waals surface area (Å²) in [4.78, 5) is 17.0. The van der Waals surface area contributed by atoms with Crippen molar-refractivity contribution in [1.82, 2.24) is 30.4 Å². The van der Waals surface area contributed by atoms with Crippen LogP contribution in [0, 0.1) is 12.3 Å². The maximum atomic E-state index is 13.0. The van der Waals surface area contributed by atoms with Gasteiger partial charge in [0.2, 0.25) is 5.91 Å². The lowest BCUT2D eigenvalue weighted by molar-refractivity contribution is -0.128. The molecule has 178 valence electrons. The molecule has 7 heteroatoms. The highest BCUT2D eigenvalue weighted by molar-refractivity contribution is 5.81. The van der Waals surface area contributed by atoms with Crippen molar-refractivity contribution in [2.24, 2.45) is 0 Å². The number of terminal acetylenes is 1. The Morgan fingerprint density at radius 3 is 2.42 bits per heavy atom. The number of carbonyl (C=O) groups is 1. The van der Waals surface area contributed by atoms with E-state index in [0.717, 1.165) is 39.9 Å². The first kappa shape index (κ1) is 23.1. The number of amides is 1. The van der Waals surface area contributed by atoms with Crippen LogP contribution in [0.4, 0.5) is 0 Å². The van der Waals surface area contributed by atoms with Crippen molar-refractivity contribution in [3.63, 3.8) is 0 Å². The highest BCUT2D eigenvalue weighted by Crippen LogP contribution is 2.30. The monoisotopic (exact) mass is 474 g/mol. The van der Waals surface area contributed by atoms with E-state index in [4.69, 9.17) is 6.42 Å². The van der Waals surface area contributed by atoms with Crippen LogP contribution in [-0.2, 0) is 17.8 Å². The first-order valence-electron chi connectivity index (χ1n) is 11.9. The summed E-state index contributed by atoms with van der Waals surface area (Å²) in [6.45, 7) is 1.22. The summed E-state index contributed by atoms with van der Waals surface area (Å²) in [7, 11) is 0. The van der Waals surface area contributed by atoms with Crippen LogP contribution in [0.3, 0.4) is 0 Å². The van der Waals surface area contributed by atoms with Gasteiger partial charge in [0.25, 0.3) is 0 Å². The molecule has 36 heavy (non-hydrogen) atoms. The molecule has 3 aromatic carbocycles. The predicted octanol–water partition coefficient (Wildman–Crippen LogP) is 4.63. The molecule has 1 amide bonds. The van der Waals surface area contributed by atoms with Crippen LogP contribution in [0.2, 0.25) is 0 Å². The molecule has 1 aliphatic rings. The van der Waals surface area contributed by atoms with Crippen molar-refractivity contribution < 1.29 is 4.79 Å². The highest BCUT2D eigenvalue weighted by atomic mass is 16.2. The van der Waals surface area contributed by atoms with Gasteiger partial charge in [0.15, 0.2) is 5.82 Å². The molecule has 4 aromatic rings. The molecule has 0 radical (unpaired) electrons. The van der Waals surface area contributed by atoms with E-state index in [9.17, 15) is 4.79 Å². The zero-order chi connectivity index (χ0) is 24.7. The third-order valence-corrected chi connectivity index (χ3v) is 6.24. The standard InChI is InChI=1S/C29H26N6O/c1-2-3-11-25-20-35(28(36)18-22-9-5-4-6-10-22)21-34(25)19-23-14-16-24(17-15-23)26-12-7-8-13-27(26)29-30-32-33-31-29/h1,4-10,12-17,20H,3,11,18-19,21H2,(H,30,31,32,33). The molecule has 0 saturated heterocycles. The number of H-pyrrole nitrogens is 1. The van der Waals surface area contributed by atoms with E-state index in [2.05, 4.69) is 61.8 Å². The Hall–Kier alpha value is -4.70. The van der Waals surface area contributed by atoms with Gasteiger partial charge in [0.1, 0.15) is 0 Å². The average molecular weight is 475 g/mol. The summed E-state index contributed by atoms with van der Waals surface area (Å²) >= 11 is 0. The first-order chi connectivity index (χ1) is 17.7. The van der Waals surface area contributed by atoms with E-state index in [1.165, 1.54) is 0 Å². The molecule has 1 aromatic heterocycles. The van der Waals surface area contributed by atoms with Crippen LogP contribution in [0.1, 0.15) is 24.0 Å². The maximum Gasteiger partial charge on any atom is 0.232 e. The van der Waals surface area contributed by atoms with E-state index in [-0.39, 0.29) is 5.91 Å². The molecule has 0 unspecified atom stereocenters. The Kier molecular flexibility index (Phi) is 6.86. The van der Waals surface area contributed by atoms with Crippen LogP contribution >= 0.6 is 0 Å². The third kappa shape index (κ3) is 5.18. The minimum atomic E-state index is 0.0794. The van der Waals surface area contributed by atoms with Gasteiger partial charge in [-0.1, -0.05) is 78.9 Å². The fraction of sp³-hybridized carbons (Fsp3) is 0.172. The maximum absolute atomic E-state index is 13.0. The van der Waals surface area contributed by atoms with Gasteiger partial charge in [-0.3, -0.25) is 9.69 Å². The number of benzene rings is 3. The normalized spacial score (nSPS) is 12.9. The molecule has 1 aliphatic heterocycles. The Bertz CT molecular complexity index is 1390. The number of tetrazole rings is 1. The molecule has 5 rings (SSSR count). The minimum Gasteiger partial charge on any atom is -0.351 e. The second kappa shape index (κ2) is 10.7. The van der Waals surface area contributed by atoms with Crippen LogP contribution < -0.4 is 0 Å². The lowest BCUT2D eigenvalue weighted by Gasteiger charge is -2.23. The molecule has 0 fully saturated rings. The van der Waals surface area contributed by atoms with Crippen molar-refractivity contribution in [3.8, 4) is 34.9 Å². The SMILES string of the molecule is C#CCCC1=CN(C(=O)Cc2ccccc2)CN1Cc1ccc(-c2ccccc2-c2nnn[nH]2)cc1. The molecule has 0 aliphatic carbocycles. The van der Waals surface area contributed by atoms with Gasteiger partial charge < -0.3 is 4.90 Å². The number of hydrogen-bond acceptors (Lipinski definition) is 5. The molecular formula is C29H26N6O. The zero-order valence-electron chi connectivity index (χ0n) is 19.8.